The van der Waals surface area contributed by atoms with E-state index in [1.165, 1.54) is 24.9 Å². The summed E-state index contributed by atoms with van der Waals surface area (Å²) in [7, 11) is 1.21. The Kier molecular flexibility index (Phi) is 5.68. The molecule has 0 N–H and O–H groups in total. The molecule has 0 aliphatic carbocycles. The van der Waals surface area contributed by atoms with Crippen LogP contribution in [0.4, 0.5) is 13.2 Å². The summed E-state index contributed by atoms with van der Waals surface area (Å²) in [6.45, 7) is -1.64. The number of alkyl halides is 3. The predicted molar refractivity (Wildman–Crippen MR) is 65.3 cm³/mol. The number of carbonyl (C=O) groups is 1. The molecular formula is C12H13F3O3S. The summed E-state index contributed by atoms with van der Waals surface area (Å²) in [6.07, 6.45) is -2.56. The van der Waals surface area contributed by atoms with E-state index in [0.29, 0.717) is 5.56 Å². The van der Waals surface area contributed by atoms with Gasteiger partial charge in [-0.2, -0.15) is 13.2 Å². The second-order valence-electron chi connectivity index (χ2n) is 3.62. The maximum Gasteiger partial charge on any atom is 0.411 e. The molecule has 0 bridgehead atoms. The van der Waals surface area contributed by atoms with Crippen molar-refractivity contribution in [2.24, 2.45) is 0 Å². The quantitative estimate of drug-likeness (QED) is 0.617. The minimum Gasteiger partial charge on any atom is -0.465 e. The van der Waals surface area contributed by atoms with Gasteiger partial charge in [0, 0.05) is 4.90 Å². The van der Waals surface area contributed by atoms with Gasteiger partial charge >= 0.3 is 12.1 Å². The normalized spacial score (nSPS) is 11.4. The molecule has 0 spiro atoms. The number of rotatable bonds is 5. The van der Waals surface area contributed by atoms with Crippen molar-refractivity contribution in [2.75, 3.05) is 20.0 Å². The molecule has 0 radical (unpaired) electrons. The maximum absolute atomic E-state index is 12.0. The van der Waals surface area contributed by atoms with Crippen LogP contribution in [0.2, 0.25) is 0 Å². The number of thioether (sulfide) groups is 1. The Balaban J connectivity index is 2.86. The van der Waals surface area contributed by atoms with Gasteiger partial charge in [-0.25, -0.2) is 4.79 Å². The molecule has 0 unspecified atom stereocenters. The van der Waals surface area contributed by atoms with Crippen molar-refractivity contribution in [3.8, 4) is 0 Å². The van der Waals surface area contributed by atoms with E-state index in [1.807, 2.05) is 6.26 Å². The zero-order valence-electron chi connectivity index (χ0n) is 10.4. The van der Waals surface area contributed by atoms with Crippen molar-refractivity contribution in [1.82, 2.24) is 0 Å². The minimum atomic E-state index is -4.39. The first kappa shape index (κ1) is 15.8. The van der Waals surface area contributed by atoms with Crippen molar-refractivity contribution < 1.29 is 27.4 Å². The van der Waals surface area contributed by atoms with Gasteiger partial charge in [-0.15, -0.1) is 11.8 Å². The van der Waals surface area contributed by atoms with Crippen molar-refractivity contribution in [1.29, 1.82) is 0 Å². The second-order valence-corrected chi connectivity index (χ2v) is 4.50. The largest absolute Gasteiger partial charge is 0.465 e. The van der Waals surface area contributed by atoms with E-state index in [1.54, 1.807) is 12.1 Å². The summed E-state index contributed by atoms with van der Waals surface area (Å²) in [6, 6.07) is 4.83. The third kappa shape index (κ3) is 5.12. The van der Waals surface area contributed by atoms with E-state index in [0.717, 1.165) is 4.90 Å². The number of methoxy groups -OCH3 is 1. The van der Waals surface area contributed by atoms with Crippen LogP contribution in [0.25, 0.3) is 0 Å². The van der Waals surface area contributed by atoms with Crippen LogP contribution in [-0.4, -0.2) is 32.1 Å². The molecule has 0 saturated carbocycles. The molecule has 19 heavy (non-hydrogen) atoms. The van der Waals surface area contributed by atoms with Crippen LogP contribution >= 0.6 is 11.8 Å². The zero-order valence-corrected chi connectivity index (χ0v) is 11.2. The first-order valence-electron chi connectivity index (χ1n) is 5.27. The van der Waals surface area contributed by atoms with E-state index >= 15 is 0 Å². The minimum absolute atomic E-state index is 0.211. The molecule has 3 nitrogen and oxygen atoms in total. The molecule has 0 aromatic heterocycles. The van der Waals surface area contributed by atoms with Gasteiger partial charge in [0.2, 0.25) is 0 Å². The van der Waals surface area contributed by atoms with Crippen LogP contribution < -0.4 is 0 Å². The lowest BCUT2D eigenvalue weighted by Gasteiger charge is -2.11. The predicted octanol–water partition coefficient (Wildman–Crippen LogP) is 3.27. The van der Waals surface area contributed by atoms with E-state index in [4.69, 9.17) is 0 Å². The fourth-order valence-electron chi connectivity index (χ4n) is 1.40. The molecule has 0 saturated heterocycles. The molecule has 106 valence electrons. The van der Waals surface area contributed by atoms with Gasteiger partial charge < -0.3 is 9.47 Å². The smallest absolute Gasteiger partial charge is 0.411 e. The summed E-state index contributed by atoms with van der Waals surface area (Å²) in [5.41, 5.74) is 0.588. The van der Waals surface area contributed by atoms with Crippen LogP contribution in [0.5, 0.6) is 0 Å². The number of carbonyl (C=O) groups excluding carboxylic acids is 1. The Bertz CT molecular complexity index is 446. The van der Waals surface area contributed by atoms with Gasteiger partial charge in [-0.3, -0.25) is 0 Å². The lowest BCUT2D eigenvalue weighted by molar-refractivity contribution is -0.176. The van der Waals surface area contributed by atoms with Gasteiger partial charge in [0.05, 0.1) is 19.3 Å². The van der Waals surface area contributed by atoms with Crippen molar-refractivity contribution in [2.45, 2.75) is 17.7 Å². The van der Waals surface area contributed by atoms with Crippen molar-refractivity contribution in [3.63, 3.8) is 0 Å². The first-order valence-corrected chi connectivity index (χ1v) is 6.49. The highest BCUT2D eigenvalue weighted by Crippen LogP contribution is 2.22. The number of esters is 1. The summed E-state index contributed by atoms with van der Waals surface area (Å²) in [5.74, 6) is -0.599. The van der Waals surface area contributed by atoms with Crippen LogP contribution in [0.3, 0.4) is 0 Å². The topological polar surface area (TPSA) is 35.5 Å². The molecule has 1 aromatic rings. The van der Waals surface area contributed by atoms with Crippen LogP contribution in [-0.2, 0) is 16.1 Å². The van der Waals surface area contributed by atoms with Gasteiger partial charge in [0.1, 0.15) is 6.61 Å². The number of ether oxygens (including phenoxy) is 2. The molecule has 0 amide bonds. The van der Waals surface area contributed by atoms with E-state index in [9.17, 15) is 18.0 Å². The Morgan fingerprint density at radius 1 is 1.37 bits per heavy atom. The lowest BCUT2D eigenvalue weighted by atomic mass is 10.1. The standard InChI is InChI=1S/C12H13F3O3S/c1-17-11(16)10-4-3-9(19-2)5-8(10)6-18-7-12(13,14)15/h3-5H,6-7H2,1-2H3. The van der Waals surface area contributed by atoms with Crippen LogP contribution in [0, 0.1) is 0 Å². The average Bonchev–Trinajstić information content (AvgIpc) is 2.36. The lowest BCUT2D eigenvalue weighted by Crippen LogP contribution is -2.17. The molecule has 0 atom stereocenters. The number of hydrogen-bond donors (Lipinski definition) is 0. The SMILES string of the molecule is COC(=O)c1ccc(SC)cc1COCC(F)(F)F. The molecule has 1 rings (SSSR count). The number of halogens is 3. The second kappa shape index (κ2) is 6.81. The van der Waals surface area contributed by atoms with Crippen molar-refractivity contribution in [3.05, 3.63) is 29.3 Å². The summed E-state index contributed by atoms with van der Waals surface area (Å²) in [5, 5.41) is 0. The molecule has 0 aliphatic heterocycles. The fraction of sp³-hybridized carbons (Fsp3) is 0.417. The van der Waals surface area contributed by atoms with Gasteiger partial charge in [-0.05, 0) is 30.0 Å². The third-order valence-electron chi connectivity index (χ3n) is 2.24. The highest BCUT2D eigenvalue weighted by atomic mass is 32.2. The fourth-order valence-corrected chi connectivity index (χ4v) is 1.87. The highest BCUT2D eigenvalue weighted by molar-refractivity contribution is 7.98. The van der Waals surface area contributed by atoms with Gasteiger partial charge in [0.15, 0.2) is 0 Å². The van der Waals surface area contributed by atoms with E-state index in [-0.39, 0.29) is 12.2 Å². The number of hydrogen-bond acceptors (Lipinski definition) is 4. The highest BCUT2D eigenvalue weighted by Gasteiger charge is 2.27. The molecular weight excluding hydrogens is 281 g/mol. The summed E-state index contributed by atoms with van der Waals surface area (Å²) < 4.78 is 45.2. The van der Waals surface area contributed by atoms with Crippen LogP contribution in [0.1, 0.15) is 15.9 Å². The van der Waals surface area contributed by atoms with Gasteiger partial charge in [-0.1, -0.05) is 0 Å². The Morgan fingerprint density at radius 2 is 2.05 bits per heavy atom. The van der Waals surface area contributed by atoms with Crippen LogP contribution in [0.15, 0.2) is 23.1 Å². The molecule has 0 heterocycles. The van der Waals surface area contributed by atoms with E-state index in [2.05, 4.69) is 9.47 Å². The summed E-state index contributed by atoms with van der Waals surface area (Å²) >= 11 is 1.42. The summed E-state index contributed by atoms with van der Waals surface area (Å²) in [4.78, 5) is 12.3. The third-order valence-corrected chi connectivity index (χ3v) is 2.97. The molecule has 0 aliphatic rings. The zero-order chi connectivity index (χ0) is 14.5. The first-order chi connectivity index (χ1) is 8.87. The Morgan fingerprint density at radius 3 is 2.58 bits per heavy atom. The molecule has 0 fully saturated rings. The average molecular weight is 294 g/mol. The molecule has 1 aromatic carbocycles. The monoisotopic (exact) mass is 294 g/mol. The maximum atomic E-state index is 12.0. The van der Waals surface area contributed by atoms with Crippen molar-refractivity contribution >= 4 is 17.7 Å². The number of benzene rings is 1. The van der Waals surface area contributed by atoms with E-state index < -0.39 is 18.8 Å². The Hall–Kier alpha value is -1.21. The molecule has 7 heteroatoms. The Labute approximate surface area is 113 Å². The van der Waals surface area contributed by atoms with Gasteiger partial charge in [0.25, 0.3) is 0 Å².